The Morgan fingerprint density at radius 3 is 2.69 bits per heavy atom. The summed E-state index contributed by atoms with van der Waals surface area (Å²) in [5, 5.41) is 3.46. The van der Waals surface area contributed by atoms with Gasteiger partial charge in [-0.05, 0) is 24.4 Å². The van der Waals surface area contributed by atoms with Crippen LogP contribution in [-0.2, 0) is 16.0 Å². The van der Waals surface area contributed by atoms with Gasteiger partial charge >= 0.3 is 5.97 Å². The quantitative estimate of drug-likeness (QED) is 0.330. The van der Waals surface area contributed by atoms with Crippen LogP contribution in [0.1, 0.15) is 18.9 Å². The maximum atomic E-state index is 11.1. The number of hydrogen-bond donors (Lipinski definition) is 0. The number of azide groups is 1. The predicted molar refractivity (Wildman–Crippen MR) is 60.2 cm³/mol. The van der Waals surface area contributed by atoms with E-state index in [1.165, 1.54) is 0 Å². The SMILES string of the molecule is CCOC(=O)CCc1ccc(N=[N+]=[N-])cc1. The maximum absolute atomic E-state index is 11.1. The molecule has 0 N–H and O–H groups in total. The van der Waals surface area contributed by atoms with Crippen molar-refractivity contribution in [1.82, 2.24) is 0 Å². The molecule has 0 radical (unpaired) electrons. The molecule has 0 heterocycles. The third-order valence-electron chi connectivity index (χ3n) is 2.02. The number of carbonyl (C=O) groups excluding carboxylic acids is 1. The molecule has 1 rings (SSSR count). The molecule has 0 saturated heterocycles. The van der Waals surface area contributed by atoms with Crippen molar-refractivity contribution < 1.29 is 9.53 Å². The molecule has 1 aromatic carbocycles. The summed E-state index contributed by atoms with van der Waals surface area (Å²) in [4.78, 5) is 13.8. The molecule has 0 bridgehead atoms. The molecule has 0 aliphatic heterocycles. The summed E-state index contributed by atoms with van der Waals surface area (Å²) < 4.78 is 4.82. The molecular weight excluding hydrogens is 206 g/mol. The Hall–Kier alpha value is -2.00. The van der Waals surface area contributed by atoms with Gasteiger partial charge in [0.15, 0.2) is 0 Å². The monoisotopic (exact) mass is 219 g/mol. The number of hydrogen-bond acceptors (Lipinski definition) is 3. The van der Waals surface area contributed by atoms with Gasteiger partial charge in [-0.25, -0.2) is 0 Å². The normalized spacial score (nSPS) is 9.31. The number of rotatable bonds is 5. The largest absolute Gasteiger partial charge is 0.466 e. The van der Waals surface area contributed by atoms with E-state index in [1.807, 2.05) is 12.1 Å². The first-order chi connectivity index (χ1) is 7.76. The Balaban J connectivity index is 2.49. The van der Waals surface area contributed by atoms with Gasteiger partial charge in [0, 0.05) is 17.0 Å². The van der Waals surface area contributed by atoms with Gasteiger partial charge in [-0.2, -0.15) is 0 Å². The van der Waals surface area contributed by atoms with Crippen molar-refractivity contribution in [3.8, 4) is 0 Å². The van der Waals surface area contributed by atoms with Crippen LogP contribution in [0, 0.1) is 0 Å². The van der Waals surface area contributed by atoms with Crippen LogP contribution in [0.25, 0.3) is 10.4 Å². The Kier molecular flexibility index (Phi) is 4.89. The standard InChI is InChI=1S/C11H13N3O2/c1-2-16-11(15)8-5-9-3-6-10(7-4-9)13-14-12/h3-4,6-7H,2,5,8H2,1H3. The van der Waals surface area contributed by atoms with Crippen LogP contribution >= 0.6 is 0 Å². The van der Waals surface area contributed by atoms with E-state index in [-0.39, 0.29) is 5.97 Å². The van der Waals surface area contributed by atoms with Crippen LogP contribution < -0.4 is 0 Å². The molecule has 0 spiro atoms. The van der Waals surface area contributed by atoms with Crippen molar-refractivity contribution in [2.75, 3.05) is 6.61 Å². The summed E-state index contributed by atoms with van der Waals surface area (Å²) in [6.07, 6.45) is 1.00. The molecule has 0 aromatic heterocycles. The lowest BCUT2D eigenvalue weighted by Gasteiger charge is -2.02. The van der Waals surface area contributed by atoms with Gasteiger partial charge in [-0.3, -0.25) is 4.79 Å². The number of nitrogens with zero attached hydrogens (tertiary/aromatic N) is 3. The van der Waals surface area contributed by atoms with Gasteiger partial charge in [-0.15, -0.1) is 0 Å². The van der Waals surface area contributed by atoms with Crippen LogP contribution in [-0.4, -0.2) is 12.6 Å². The molecule has 5 heteroatoms. The van der Waals surface area contributed by atoms with Crippen molar-refractivity contribution in [2.45, 2.75) is 19.8 Å². The average molecular weight is 219 g/mol. The second-order valence-corrected chi connectivity index (χ2v) is 3.16. The Morgan fingerprint density at radius 2 is 2.12 bits per heavy atom. The summed E-state index contributed by atoms with van der Waals surface area (Å²) in [5.41, 5.74) is 9.81. The van der Waals surface area contributed by atoms with Crippen molar-refractivity contribution >= 4 is 11.7 Å². The smallest absolute Gasteiger partial charge is 0.306 e. The van der Waals surface area contributed by atoms with Crippen LogP contribution in [0.2, 0.25) is 0 Å². The van der Waals surface area contributed by atoms with Gasteiger partial charge in [0.2, 0.25) is 0 Å². The number of esters is 1. The van der Waals surface area contributed by atoms with Gasteiger partial charge in [-0.1, -0.05) is 29.4 Å². The molecule has 1 aromatic rings. The second kappa shape index (κ2) is 6.48. The van der Waals surface area contributed by atoms with Crippen LogP contribution in [0.3, 0.4) is 0 Å². The lowest BCUT2D eigenvalue weighted by Crippen LogP contribution is -2.04. The Morgan fingerprint density at radius 1 is 1.44 bits per heavy atom. The molecule has 0 aliphatic rings. The lowest BCUT2D eigenvalue weighted by atomic mass is 10.1. The fraction of sp³-hybridized carbons (Fsp3) is 0.364. The highest BCUT2D eigenvalue weighted by molar-refractivity contribution is 5.69. The highest BCUT2D eigenvalue weighted by Crippen LogP contribution is 2.14. The zero-order valence-electron chi connectivity index (χ0n) is 9.09. The van der Waals surface area contributed by atoms with Crippen LogP contribution in [0.15, 0.2) is 29.4 Å². The van der Waals surface area contributed by atoms with Crippen molar-refractivity contribution in [3.63, 3.8) is 0 Å². The van der Waals surface area contributed by atoms with Crippen LogP contribution in [0.4, 0.5) is 5.69 Å². The minimum absolute atomic E-state index is 0.193. The fourth-order valence-electron chi connectivity index (χ4n) is 1.26. The number of carbonyl (C=O) groups is 1. The van der Waals surface area contributed by atoms with Gasteiger partial charge in [0.1, 0.15) is 0 Å². The van der Waals surface area contributed by atoms with E-state index < -0.39 is 0 Å². The molecule has 0 amide bonds. The van der Waals surface area contributed by atoms with E-state index >= 15 is 0 Å². The van der Waals surface area contributed by atoms with Crippen molar-refractivity contribution in [2.24, 2.45) is 5.11 Å². The van der Waals surface area contributed by atoms with Gasteiger partial charge in [0.25, 0.3) is 0 Å². The molecule has 0 aliphatic carbocycles. The van der Waals surface area contributed by atoms with Crippen molar-refractivity contribution in [3.05, 3.63) is 40.3 Å². The average Bonchev–Trinajstić information content (AvgIpc) is 2.29. The molecule has 16 heavy (non-hydrogen) atoms. The summed E-state index contributed by atoms with van der Waals surface area (Å²) in [7, 11) is 0. The molecule has 0 unspecified atom stereocenters. The first-order valence-electron chi connectivity index (χ1n) is 5.06. The van der Waals surface area contributed by atoms with E-state index in [0.717, 1.165) is 5.56 Å². The molecule has 0 saturated carbocycles. The van der Waals surface area contributed by atoms with Crippen LogP contribution in [0.5, 0.6) is 0 Å². The Bertz CT molecular complexity index is 394. The zero-order valence-corrected chi connectivity index (χ0v) is 9.09. The highest BCUT2D eigenvalue weighted by Gasteiger charge is 2.02. The van der Waals surface area contributed by atoms with E-state index in [4.69, 9.17) is 10.3 Å². The first kappa shape index (κ1) is 12.1. The summed E-state index contributed by atoms with van der Waals surface area (Å²) in [5.74, 6) is -0.193. The molecule has 0 atom stereocenters. The fourth-order valence-corrected chi connectivity index (χ4v) is 1.26. The van der Waals surface area contributed by atoms with Gasteiger partial charge < -0.3 is 4.74 Å². The zero-order chi connectivity index (χ0) is 11.8. The van der Waals surface area contributed by atoms with E-state index in [0.29, 0.717) is 25.1 Å². The summed E-state index contributed by atoms with van der Waals surface area (Å²) in [6, 6.07) is 7.12. The number of aryl methyl sites for hydroxylation is 1. The maximum Gasteiger partial charge on any atom is 0.306 e. The third kappa shape index (κ3) is 4.02. The number of benzene rings is 1. The molecular formula is C11H13N3O2. The summed E-state index contributed by atoms with van der Waals surface area (Å²) >= 11 is 0. The van der Waals surface area contributed by atoms with E-state index in [9.17, 15) is 4.79 Å². The lowest BCUT2D eigenvalue weighted by molar-refractivity contribution is -0.143. The highest BCUT2D eigenvalue weighted by atomic mass is 16.5. The minimum Gasteiger partial charge on any atom is -0.466 e. The van der Waals surface area contributed by atoms with E-state index in [1.54, 1.807) is 19.1 Å². The Labute approximate surface area is 93.7 Å². The predicted octanol–water partition coefficient (Wildman–Crippen LogP) is 3.12. The molecule has 0 fully saturated rings. The minimum atomic E-state index is -0.193. The van der Waals surface area contributed by atoms with Crippen molar-refractivity contribution in [1.29, 1.82) is 0 Å². The molecule has 5 nitrogen and oxygen atoms in total. The third-order valence-corrected chi connectivity index (χ3v) is 2.02. The first-order valence-corrected chi connectivity index (χ1v) is 5.06. The molecule has 84 valence electrons. The number of ether oxygens (including phenoxy) is 1. The van der Waals surface area contributed by atoms with Gasteiger partial charge in [0.05, 0.1) is 6.61 Å². The van der Waals surface area contributed by atoms with E-state index in [2.05, 4.69) is 10.0 Å². The topological polar surface area (TPSA) is 75.1 Å². The summed E-state index contributed by atoms with van der Waals surface area (Å²) in [6.45, 7) is 2.20. The second-order valence-electron chi connectivity index (χ2n) is 3.16.